The summed E-state index contributed by atoms with van der Waals surface area (Å²) in [6.45, 7) is 1.95. The number of benzene rings is 1. The molecule has 0 atom stereocenters. The number of carbonyl (C=O) groups is 1. The van der Waals surface area contributed by atoms with Crippen LogP contribution >= 0.6 is 23.2 Å². The molecule has 1 amide bonds. The van der Waals surface area contributed by atoms with Crippen molar-refractivity contribution in [3.8, 4) is 11.6 Å². The molecular formula is C17H18Cl2N4O3. The Morgan fingerprint density at radius 1 is 1.35 bits per heavy atom. The zero-order chi connectivity index (χ0) is 19.1. The van der Waals surface area contributed by atoms with E-state index in [1.807, 2.05) is 0 Å². The van der Waals surface area contributed by atoms with E-state index >= 15 is 0 Å². The van der Waals surface area contributed by atoms with Crippen molar-refractivity contribution in [2.75, 3.05) is 20.8 Å². The molecule has 2 rings (SSSR count). The maximum atomic E-state index is 11.7. The van der Waals surface area contributed by atoms with Gasteiger partial charge in [0, 0.05) is 19.3 Å². The van der Waals surface area contributed by atoms with Gasteiger partial charge in [-0.2, -0.15) is 0 Å². The lowest BCUT2D eigenvalue weighted by Crippen LogP contribution is -2.28. The summed E-state index contributed by atoms with van der Waals surface area (Å²) in [6.07, 6.45) is 3.46. The van der Waals surface area contributed by atoms with E-state index in [1.165, 1.54) is 14.2 Å². The Morgan fingerprint density at radius 2 is 2.12 bits per heavy atom. The number of nitrogens with one attached hydrogen (secondary N) is 1. The van der Waals surface area contributed by atoms with Crippen molar-refractivity contribution in [1.82, 2.24) is 15.1 Å². The molecule has 1 aromatic heterocycles. The van der Waals surface area contributed by atoms with Crippen LogP contribution in [0.4, 0.5) is 0 Å². The zero-order valence-corrected chi connectivity index (χ0v) is 16.0. The summed E-state index contributed by atoms with van der Waals surface area (Å²) in [4.78, 5) is 16.4. The maximum absolute atomic E-state index is 11.7. The molecule has 0 fully saturated rings. The third-order valence-electron chi connectivity index (χ3n) is 3.35. The van der Waals surface area contributed by atoms with E-state index in [1.54, 1.807) is 48.1 Å². The Bertz CT molecular complexity index is 846. The van der Waals surface area contributed by atoms with Gasteiger partial charge in [0.1, 0.15) is 13.7 Å². The number of aromatic nitrogens is 2. The van der Waals surface area contributed by atoms with Gasteiger partial charge in [-0.15, -0.1) is 5.10 Å². The third-order valence-corrected chi connectivity index (χ3v) is 4.09. The molecule has 1 heterocycles. The number of amides is 1. The summed E-state index contributed by atoms with van der Waals surface area (Å²) in [7, 11) is 2.90. The minimum absolute atomic E-state index is 0.180. The van der Waals surface area contributed by atoms with E-state index in [0.717, 1.165) is 5.69 Å². The summed E-state index contributed by atoms with van der Waals surface area (Å²) in [5, 5.41) is 11.4. The molecule has 0 spiro atoms. The van der Waals surface area contributed by atoms with Crippen LogP contribution in [0.5, 0.6) is 5.88 Å². The highest BCUT2D eigenvalue weighted by Crippen LogP contribution is 2.24. The SMILES string of the molecule is CNC(=O)C(=N/OC)/C(C)=C\COc1ccn(-c2ccc(Cl)c(Cl)c2)n1. The first-order valence-electron chi connectivity index (χ1n) is 7.60. The number of rotatable bonds is 7. The van der Waals surface area contributed by atoms with Crippen molar-refractivity contribution in [1.29, 1.82) is 0 Å². The molecular weight excluding hydrogens is 379 g/mol. The highest BCUT2D eigenvalue weighted by molar-refractivity contribution is 6.45. The number of hydrogen-bond donors (Lipinski definition) is 1. The van der Waals surface area contributed by atoms with E-state index in [4.69, 9.17) is 32.8 Å². The summed E-state index contributed by atoms with van der Waals surface area (Å²) in [6, 6.07) is 6.92. The summed E-state index contributed by atoms with van der Waals surface area (Å²) >= 11 is 11.9. The van der Waals surface area contributed by atoms with Gasteiger partial charge in [0.2, 0.25) is 5.88 Å². The van der Waals surface area contributed by atoms with E-state index < -0.39 is 0 Å². The fourth-order valence-electron chi connectivity index (χ4n) is 2.01. The Balaban J connectivity index is 2.04. The highest BCUT2D eigenvalue weighted by atomic mass is 35.5. The summed E-state index contributed by atoms with van der Waals surface area (Å²) in [5.41, 5.74) is 1.56. The lowest BCUT2D eigenvalue weighted by molar-refractivity contribution is -0.114. The Hall–Kier alpha value is -2.51. The third kappa shape index (κ3) is 5.00. The first kappa shape index (κ1) is 19.8. The molecule has 0 bridgehead atoms. The Labute approximate surface area is 161 Å². The molecule has 0 aliphatic rings. The number of hydrogen-bond acceptors (Lipinski definition) is 5. The molecule has 7 nitrogen and oxygen atoms in total. The first-order chi connectivity index (χ1) is 12.5. The predicted molar refractivity (Wildman–Crippen MR) is 101 cm³/mol. The van der Waals surface area contributed by atoms with Crippen LogP contribution in [-0.2, 0) is 9.63 Å². The second-order valence-electron chi connectivity index (χ2n) is 5.10. The normalized spacial score (nSPS) is 12.0. The highest BCUT2D eigenvalue weighted by Gasteiger charge is 2.12. The second-order valence-corrected chi connectivity index (χ2v) is 5.91. The molecule has 0 aliphatic carbocycles. The lowest BCUT2D eigenvalue weighted by atomic mass is 10.1. The molecule has 1 N–H and O–H groups in total. The second kappa shape index (κ2) is 9.26. The monoisotopic (exact) mass is 396 g/mol. The fourth-order valence-corrected chi connectivity index (χ4v) is 2.30. The van der Waals surface area contributed by atoms with Crippen LogP contribution in [0.3, 0.4) is 0 Å². The molecule has 9 heteroatoms. The van der Waals surface area contributed by atoms with Crippen LogP contribution in [0, 0.1) is 0 Å². The van der Waals surface area contributed by atoms with Crippen LogP contribution in [0.2, 0.25) is 10.0 Å². The van der Waals surface area contributed by atoms with E-state index in [0.29, 0.717) is 21.5 Å². The van der Waals surface area contributed by atoms with Crippen LogP contribution in [0.1, 0.15) is 6.92 Å². The van der Waals surface area contributed by atoms with Crippen molar-refractivity contribution < 1.29 is 14.4 Å². The van der Waals surface area contributed by atoms with Crippen molar-refractivity contribution in [2.24, 2.45) is 5.16 Å². The van der Waals surface area contributed by atoms with Crippen LogP contribution in [0.15, 0.2) is 47.3 Å². The molecule has 0 aliphatic heterocycles. The van der Waals surface area contributed by atoms with Crippen molar-refractivity contribution >= 4 is 34.8 Å². The molecule has 0 unspecified atom stereocenters. The maximum Gasteiger partial charge on any atom is 0.273 e. The topological polar surface area (TPSA) is 77.7 Å². The average Bonchev–Trinajstić information content (AvgIpc) is 3.10. The number of halogens is 2. The van der Waals surface area contributed by atoms with Gasteiger partial charge in [-0.25, -0.2) is 4.68 Å². The largest absolute Gasteiger partial charge is 0.472 e. The van der Waals surface area contributed by atoms with Gasteiger partial charge < -0.3 is 14.9 Å². The molecule has 138 valence electrons. The van der Waals surface area contributed by atoms with Gasteiger partial charge in [0.15, 0.2) is 5.71 Å². The van der Waals surface area contributed by atoms with Gasteiger partial charge in [-0.1, -0.05) is 28.4 Å². The molecule has 2 aromatic rings. The first-order valence-corrected chi connectivity index (χ1v) is 8.36. The van der Waals surface area contributed by atoms with Crippen LogP contribution in [0.25, 0.3) is 5.69 Å². The molecule has 0 saturated carbocycles. The lowest BCUT2D eigenvalue weighted by Gasteiger charge is -2.05. The number of nitrogens with zero attached hydrogens (tertiary/aromatic N) is 3. The summed E-state index contributed by atoms with van der Waals surface area (Å²) in [5.74, 6) is 0.0785. The molecule has 1 aromatic carbocycles. The number of oxime groups is 1. The number of carbonyl (C=O) groups excluding carboxylic acids is 1. The quantitative estimate of drug-likeness (QED) is 0.575. The minimum atomic E-state index is -0.343. The smallest absolute Gasteiger partial charge is 0.273 e. The van der Waals surface area contributed by atoms with E-state index in [2.05, 4.69) is 15.6 Å². The Kier molecular flexibility index (Phi) is 7.06. The average molecular weight is 397 g/mol. The van der Waals surface area contributed by atoms with Crippen LogP contribution < -0.4 is 10.1 Å². The van der Waals surface area contributed by atoms with Crippen molar-refractivity contribution in [3.05, 3.63) is 52.2 Å². The van der Waals surface area contributed by atoms with Crippen molar-refractivity contribution in [3.63, 3.8) is 0 Å². The minimum Gasteiger partial charge on any atom is -0.472 e. The van der Waals surface area contributed by atoms with E-state index in [9.17, 15) is 4.79 Å². The Morgan fingerprint density at radius 3 is 2.77 bits per heavy atom. The van der Waals surface area contributed by atoms with Gasteiger partial charge in [0.25, 0.3) is 5.91 Å². The zero-order valence-electron chi connectivity index (χ0n) is 14.5. The predicted octanol–water partition coefficient (Wildman–Crippen LogP) is 3.25. The van der Waals surface area contributed by atoms with Gasteiger partial charge in [-0.3, -0.25) is 4.79 Å². The standard InChI is InChI=1S/C17H18Cl2N4O3/c1-11(16(22-25-3)17(24)20-2)7-9-26-15-6-8-23(21-15)12-4-5-13(18)14(19)10-12/h4-8,10H,9H2,1-3H3,(H,20,24)/b11-7-,22-16+. The molecule has 0 radical (unpaired) electrons. The summed E-state index contributed by atoms with van der Waals surface area (Å²) < 4.78 is 7.20. The van der Waals surface area contributed by atoms with Gasteiger partial charge >= 0.3 is 0 Å². The fraction of sp³-hybridized carbons (Fsp3) is 0.235. The molecule has 0 saturated heterocycles. The van der Waals surface area contributed by atoms with Crippen molar-refractivity contribution in [2.45, 2.75) is 6.92 Å². The van der Waals surface area contributed by atoms with Gasteiger partial charge in [-0.05, 0) is 36.8 Å². The van der Waals surface area contributed by atoms with E-state index in [-0.39, 0.29) is 18.2 Å². The molecule has 26 heavy (non-hydrogen) atoms. The van der Waals surface area contributed by atoms with Crippen LogP contribution in [-0.4, -0.2) is 42.2 Å². The van der Waals surface area contributed by atoms with Gasteiger partial charge in [0.05, 0.1) is 15.7 Å². The number of ether oxygens (including phenoxy) is 1.